The minimum Gasteiger partial charge on any atom is -0.487 e. The molecule has 4 nitrogen and oxygen atoms in total. The molecule has 0 amide bonds. The van der Waals surface area contributed by atoms with E-state index in [9.17, 15) is 13.2 Å². The van der Waals surface area contributed by atoms with Gasteiger partial charge in [-0.15, -0.1) is 11.3 Å². The molecule has 0 aliphatic carbocycles. The summed E-state index contributed by atoms with van der Waals surface area (Å²) in [5, 5.41) is 11.1. The van der Waals surface area contributed by atoms with Crippen LogP contribution in [0.4, 0.5) is 13.2 Å². The van der Waals surface area contributed by atoms with Gasteiger partial charge in [0.15, 0.2) is 0 Å². The van der Waals surface area contributed by atoms with E-state index in [0.29, 0.717) is 28.6 Å². The molecule has 0 radical (unpaired) electrons. The third-order valence-electron chi connectivity index (χ3n) is 3.60. The van der Waals surface area contributed by atoms with E-state index in [0.717, 1.165) is 17.7 Å². The molecule has 3 aromatic rings. The van der Waals surface area contributed by atoms with Crippen molar-refractivity contribution in [1.82, 2.24) is 10.5 Å². The van der Waals surface area contributed by atoms with Crippen molar-refractivity contribution in [3.63, 3.8) is 0 Å². The Morgan fingerprint density at radius 3 is 2.35 bits per heavy atom. The summed E-state index contributed by atoms with van der Waals surface area (Å²) >= 11 is 1.35. The van der Waals surface area contributed by atoms with Gasteiger partial charge in [0.2, 0.25) is 0 Å². The minimum absolute atomic E-state index is 0.259. The van der Waals surface area contributed by atoms with Crippen molar-refractivity contribution in [3.05, 3.63) is 70.7 Å². The van der Waals surface area contributed by atoms with Crippen LogP contribution in [-0.4, -0.2) is 10.2 Å². The second kappa shape index (κ2) is 7.86. The normalized spacial score (nSPS) is 11.5. The molecule has 2 N–H and O–H groups in total. The van der Waals surface area contributed by atoms with Gasteiger partial charge < -0.3 is 9.94 Å². The summed E-state index contributed by atoms with van der Waals surface area (Å²) in [4.78, 5) is 4.40. The van der Waals surface area contributed by atoms with Gasteiger partial charge in [-0.1, -0.05) is 24.3 Å². The lowest BCUT2D eigenvalue weighted by Crippen LogP contribution is -2.05. The Hall–Kier alpha value is -2.42. The third-order valence-corrected chi connectivity index (χ3v) is 4.54. The van der Waals surface area contributed by atoms with Crippen molar-refractivity contribution in [1.29, 1.82) is 0 Å². The van der Waals surface area contributed by atoms with Gasteiger partial charge in [-0.3, -0.25) is 0 Å². The maximum Gasteiger partial charge on any atom is 0.416 e. The summed E-state index contributed by atoms with van der Waals surface area (Å²) < 4.78 is 43.5. The molecule has 1 aromatic heterocycles. The van der Waals surface area contributed by atoms with E-state index in [4.69, 9.17) is 9.94 Å². The first-order valence-corrected chi connectivity index (χ1v) is 8.54. The quantitative estimate of drug-likeness (QED) is 0.598. The lowest BCUT2D eigenvalue weighted by molar-refractivity contribution is -0.137. The Morgan fingerprint density at radius 2 is 1.73 bits per heavy atom. The van der Waals surface area contributed by atoms with E-state index in [-0.39, 0.29) is 6.61 Å². The van der Waals surface area contributed by atoms with Crippen molar-refractivity contribution in [3.8, 4) is 16.3 Å². The van der Waals surface area contributed by atoms with Crippen LogP contribution >= 0.6 is 11.3 Å². The largest absolute Gasteiger partial charge is 0.487 e. The fraction of sp³-hybridized carbons (Fsp3) is 0.167. The van der Waals surface area contributed by atoms with Crippen molar-refractivity contribution in [2.24, 2.45) is 0 Å². The summed E-state index contributed by atoms with van der Waals surface area (Å²) in [6.45, 7) is 0.609. The molecular formula is C18H15F3N2O2S. The molecule has 0 atom stereocenters. The standard InChI is InChI=1S/C18H15F3N2O2S/c19-18(20,21)14-5-3-13(4-6-14)17-23-15(11-26-17)10-25-16-7-1-12(2-8-16)9-22-24/h1-8,11,22,24H,9-10H2. The third kappa shape index (κ3) is 4.60. The molecule has 0 fully saturated rings. The van der Waals surface area contributed by atoms with Gasteiger partial charge in [-0.05, 0) is 29.8 Å². The number of nitrogens with one attached hydrogen (secondary N) is 1. The number of ether oxygens (including phenoxy) is 1. The van der Waals surface area contributed by atoms with Gasteiger partial charge in [0.25, 0.3) is 0 Å². The lowest BCUT2D eigenvalue weighted by Gasteiger charge is -2.06. The number of benzene rings is 2. The Kier molecular flexibility index (Phi) is 5.55. The molecule has 0 saturated heterocycles. The zero-order chi connectivity index (χ0) is 18.6. The summed E-state index contributed by atoms with van der Waals surface area (Å²) in [6, 6.07) is 12.2. The van der Waals surface area contributed by atoms with Crippen LogP contribution in [0, 0.1) is 0 Å². The van der Waals surface area contributed by atoms with Crippen LogP contribution in [0.5, 0.6) is 5.75 Å². The highest BCUT2D eigenvalue weighted by Crippen LogP contribution is 2.31. The monoisotopic (exact) mass is 380 g/mol. The first-order chi connectivity index (χ1) is 12.5. The second-order valence-electron chi connectivity index (χ2n) is 5.49. The van der Waals surface area contributed by atoms with Gasteiger partial charge >= 0.3 is 6.18 Å². The molecule has 2 aromatic carbocycles. The number of thiazole rings is 1. The van der Waals surface area contributed by atoms with E-state index in [2.05, 4.69) is 10.5 Å². The van der Waals surface area contributed by atoms with Gasteiger partial charge in [-0.25, -0.2) is 10.5 Å². The number of halogens is 3. The average molecular weight is 380 g/mol. The predicted molar refractivity (Wildman–Crippen MR) is 92.0 cm³/mol. The second-order valence-corrected chi connectivity index (χ2v) is 6.34. The summed E-state index contributed by atoms with van der Waals surface area (Å²) in [6.07, 6.45) is -4.34. The van der Waals surface area contributed by atoms with Crippen molar-refractivity contribution < 1.29 is 23.1 Å². The number of hydrogen-bond acceptors (Lipinski definition) is 5. The van der Waals surface area contributed by atoms with Gasteiger partial charge in [0.05, 0.1) is 11.3 Å². The van der Waals surface area contributed by atoms with E-state index in [1.54, 1.807) is 12.1 Å². The summed E-state index contributed by atoms with van der Waals surface area (Å²) in [7, 11) is 0. The molecule has 0 spiro atoms. The highest BCUT2D eigenvalue weighted by atomic mass is 32.1. The van der Waals surface area contributed by atoms with Crippen LogP contribution in [0.25, 0.3) is 10.6 Å². The molecule has 0 unspecified atom stereocenters. The van der Waals surface area contributed by atoms with Crippen LogP contribution in [0.3, 0.4) is 0 Å². The molecule has 0 bridgehead atoms. The minimum atomic E-state index is -4.34. The fourth-order valence-corrected chi connectivity index (χ4v) is 3.07. The Labute approximate surface area is 151 Å². The fourth-order valence-electron chi connectivity index (χ4n) is 2.26. The molecule has 0 aliphatic heterocycles. The van der Waals surface area contributed by atoms with Crippen molar-refractivity contribution in [2.75, 3.05) is 0 Å². The summed E-state index contributed by atoms with van der Waals surface area (Å²) in [5.41, 5.74) is 3.65. The molecule has 3 rings (SSSR count). The Balaban J connectivity index is 1.62. The molecule has 8 heteroatoms. The topological polar surface area (TPSA) is 54.4 Å². The van der Waals surface area contributed by atoms with Crippen LogP contribution in [0.15, 0.2) is 53.9 Å². The van der Waals surface area contributed by atoms with Crippen molar-refractivity contribution >= 4 is 11.3 Å². The predicted octanol–water partition coefficient (Wildman–Crippen LogP) is 4.89. The maximum absolute atomic E-state index is 12.6. The van der Waals surface area contributed by atoms with E-state index < -0.39 is 11.7 Å². The smallest absolute Gasteiger partial charge is 0.416 e. The first kappa shape index (κ1) is 18.4. The Bertz CT molecular complexity index is 846. The van der Waals surface area contributed by atoms with E-state index in [1.807, 2.05) is 17.5 Å². The Morgan fingerprint density at radius 1 is 1.04 bits per heavy atom. The zero-order valence-corrected chi connectivity index (χ0v) is 14.3. The zero-order valence-electron chi connectivity index (χ0n) is 13.5. The lowest BCUT2D eigenvalue weighted by atomic mass is 10.1. The van der Waals surface area contributed by atoms with Crippen LogP contribution in [0.1, 0.15) is 16.8 Å². The highest BCUT2D eigenvalue weighted by molar-refractivity contribution is 7.13. The first-order valence-electron chi connectivity index (χ1n) is 7.66. The molecule has 0 aliphatic rings. The van der Waals surface area contributed by atoms with E-state index >= 15 is 0 Å². The molecule has 26 heavy (non-hydrogen) atoms. The van der Waals surface area contributed by atoms with Crippen molar-refractivity contribution in [2.45, 2.75) is 19.3 Å². The summed E-state index contributed by atoms with van der Waals surface area (Å²) in [5.74, 6) is 0.663. The van der Waals surface area contributed by atoms with Gasteiger partial charge in [0, 0.05) is 17.5 Å². The SMILES string of the molecule is ONCc1ccc(OCc2csc(-c3ccc(C(F)(F)F)cc3)n2)cc1. The average Bonchev–Trinajstić information content (AvgIpc) is 3.10. The number of hydrogen-bond donors (Lipinski definition) is 2. The number of nitrogens with zero attached hydrogens (tertiary/aromatic N) is 1. The molecular weight excluding hydrogens is 365 g/mol. The number of hydroxylamine groups is 1. The number of aromatic nitrogens is 1. The molecule has 0 saturated carbocycles. The van der Waals surface area contributed by atoms with E-state index in [1.165, 1.54) is 23.5 Å². The number of alkyl halides is 3. The van der Waals surface area contributed by atoms with Gasteiger partial charge in [0.1, 0.15) is 17.4 Å². The van der Waals surface area contributed by atoms with Gasteiger partial charge in [-0.2, -0.15) is 13.2 Å². The van der Waals surface area contributed by atoms with Crippen LogP contribution in [0.2, 0.25) is 0 Å². The number of rotatable bonds is 6. The molecule has 136 valence electrons. The molecule has 1 heterocycles. The maximum atomic E-state index is 12.6. The highest BCUT2D eigenvalue weighted by Gasteiger charge is 2.30. The van der Waals surface area contributed by atoms with Crippen LogP contribution in [-0.2, 0) is 19.3 Å². The van der Waals surface area contributed by atoms with Crippen LogP contribution < -0.4 is 10.2 Å².